The van der Waals surface area contributed by atoms with E-state index in [9.17, 15) is 17.6 Å². The highest BCUT2D eigenvalue weighted by atomic mass is 19.2. The van der Waals surface area contributed by atoms with Gasteiger partial charge in [0, 0.05) is 6.42 Å². The van der Waals surface area contributed by atoms with Crippen molar-refractivity contribution in [1.82, 2.24) is 0 Å². The number of allylic oxidation sites excluding steroid dienone is 5. The first-order valence-corrected chi connectivity index (χ1v) is 2.82. The first kappa shape index (κ1) is 8.04. The normalized spacial score (nSPS) is 19.8. The van der Waals surface area contributed by atoms with Crippen molar-refractivity contribution in [1.29, 1.82) is 0 Å². The summed E-state index contributed by atoms with van der Waals surface area (Å²) in [7, 11) is 0. The van der Waals surface area contributed by atoms with E-state index in [-0.39, 0.29) is 5.57 Å². The van der Waals surface area contributed by atoms with Crippen LogP contribution >= 0.6 is 0 Å². The molecule has 0 bridgehead atoms. The van der Waals surface area contributed by atoms with Crippen molar-refractivity contribution in [3.8, 4) is 0 Å². The molecule has 1 aliphatic carbocycles. The minimum Gasteiger partial charge on any atom is -0.208 e. The van der Waals surface area contributed by atoms with Crippen molar-refractivity contribution < 1.29 is 17.6 Å². The Balaban J connectivity index is 3.18. The highest BCUT2D eigenvalue weighted by Crippen LogP contribution is 2.35. The molecule has 1 aliphatic rings. The predicted octanol–water partition coefficient (Wildman–Crippen LogP) is 3.25. The average Bonchev–Trinajstić information content (AvgIpc) is 1.97. The van der Waals surface area contributed by atoms with Gasteiger partial charge in [0.2, 0.25) is 0 Å². The van der Waals surface area contributed by atoms with Crippen molar-refractivity contribution in [2.24, 2.45) is 0 Å². The molecule has 0 aromatic heterocycles. The summed E-state index contributed by atoms with van der Waals surface area (Å²) in [5, 5.41) is 0. The summed E-state index contributed by atoms with van der Waals surface area (Å²) in [5.74, 6) is -6.26. The Bertz CT molecular complexity index is 272. The number of rotatable bonds is 0. The molecule has 60 valence electrons. The van der Waals surface area contributed by atoms with Crippen molar-refractivity contribution in [2.75, 3.05) is 0 Å². The summed E-state index contributed by atoms with van der Waals surface area (Å²) in [6.07, 6.45) is -0.592. The Kier molecular flexibility index (Phi) is 1.85. The van der Waals surface area contributed by atoms with Gasteiger partial charge < -0.3 is 0 Å². The van der Waals surface area contributed by atoms with Crippen molar-refractivity contribution in [3.05, 3.63) is 35.5 Å². The predicted molar refractivity (Wildman–Crippen MR) is 32.2 cm³/mol. The van der Waals surface area contributed by atoms with E-state index in [0.717, 1.165) is 0 Å². The van der Waals surface area contributed by atoms with Crippen LogP contribution < -0.4 is 0 Å². The zero-order chi connectivity index (χ0) is 8.59. The van der Waals surface area contributed by atoms with Gasteiger partial charge in [-0.2, -0.15) is 0 Å². The number of hydrogen-bond acceptors (Lipinski definition) is 0. The Hall–Kier alpha value is -1.06. The molecule has 0 saturated carbocycles. The van der Waals surface area contributed by atoms with E-state index in [1.54, 1.807) is 0 Å². The molecule has 0 aromatic rings. The largest absolute Gasteiger partial charge is 0.208 e. The fraction of sp³-hybridized carbons (Fsp3) is 0.143. The Morgan fingerprint density at radius 3 is 2.00 bits per heavy atom. The molecule has 0 amide bonds. The Morgan fingerprint density at radius 2 is 1.45 bits per heavy atom. The molecule has 0 saturated heterocycles. The molecule has 4 heteroatoms. The first-order chi connectivity index (χ1) is 5.04. The fourth-order valence-electron chi connectivity index (χ4n) is 0.713. The first-order valence-electron chi connectivity index (χ1n) is 2.82. The summed E-state index contributed by atoms with van der Waals surface area (Å²) in [6.45, 7) is 3.02. The minimum atomic E-state index is -1.79. The molecular formula is C7H4F4. The zero-order valence-corrected chi connectivity index (χ0v) is 5.43. The van der Waals surface area contributed by atoms with Crippen LogP contribution in [0.25, 0.3) is 0 Å². The molecule has 0 spiro atoms. The second-order valence-corrected chi connectivity index (χ2v) is 2.13. The van der Waals surface area contributed by atoms with Crippen LogP contribution in [0.3, 0.4) is 0 Å². The maximum Gasteiger partial charge on any atom is 0.197 e. The van der Waals surface area contributed by atoms with E-state index in [1.807, 2.05) is 0 Å². The van der Waals surface area contributed by atoms with Gasteiger partial charge in [-0.3, -0.25) is 0 Å². The van der Waals surface area contributed by atoms with Gasteiger partial charge in [-0.15, -0.1) is 0 Å². The quantitative estimate of drug-likeness (QED) is 0.482. The zero-order valence-electron chi connectivity index (χ0n) is 5.43. The summed E-state index contributed by atoms with van der Waals surface area (Å²) in [6, 6.07) is 0. The highest BCUT2D eigenvalue weighted by Gasteiger charge is 2.25. The Labute approximate surface area is 60.5 Å². The maximum atomic E-state index is 12.4. The van der Waals surface area contributed by atoms with Gasteiger partial charge in [0.05, 0.1) is 0 Å². The smallest absolute Gasteiger partial charge is 0.197 e. The van der Waals surface area contributed by atoms with E-state index in [4.69, 9.17) is 0 Å². The molecule has 0 atom stereocenters. The lowest BCUT2D eigenvalue weighted by molar-refractivity contribution is 0.441. The van der Waals surface area contributed by atoms with Crippen molar-refractivity contribution in [2.45, 2.75) is 6.42 Å². The molecule has 0 aliphatic heterocycles. The van der Waals surface area contributed by atoms with Crippen molar-refractivity contribution in [3.63, 3.8) is 0 Å². The molecular weight excluding hydrogens is 160 g/mol. The number of hydrogen-bond donors (Lipinski definition) is 0. The van der Waals surface area contributed by atoms with E-state index in [1.165, 1.54) is 0 Å². The Morgan fingerprint density at radius 1 is 0.909 bits per heavy atom. The molecule has 0 radical (unpaired) electrons. The van der Waals surface area contributed by atoms with Gasteiger partial charge in [0.1, 0.15) is 5.83 Å². The third-order valence-electron chi connectivity index (χ3n) is 1.30. The van der Waals surface area contributed by atoms with E-state index < -0.39 is 29.7 Å². The molecule has 0 nitrogen and oxygen atoms in total. The summed E-state index contributed by atoms with van der Waals surface area (Å²) < 4.78 is 49.0. The molecule has 0 heterocycles. The second kappa shape index (κ2) is 2.53. The molecule has 0 aromatic carbocycles. The van der Waals surface area contributed by atoms with Crippen LogP contribution in [0.4, 0.5) is 17.6 Å². The standard InChI is InChI=1S/C7H4F4/c1-3-2-4(8)6(10)7(11)5(3)9/h1-2H2. The van der Waals surface area contributed by atoms with Gasteiger partial charge in [-0.05, 0) is 5.57 Å². The van der Waals surface area contributed by atoms with Gasteiger partial charge in [0.15, 0.2) is 17.5 Å². The van der Waals surface area contributed by atoms with Crippen LogP contribution in [0.2, 0.25) is 0 Å². The van der Waals surface area contributed by atoms with Gasteiger partial charge in [0.25, 0.3) is 0 Å². The van der Waals surface area contributed by atoms with Gasteiger partial charge in [-0.25, -0.2) is 17.6 Å². The minimum absolute atomic E-state index is 0.374. The van der Waals surface area contributed by atoms with E-state index in [2.05, 4.69) is 6.58 Å². The third kappa shape index (κ3) is 1.20. The average molecular weight is 164 g/mol. The highest BCUT2D eigenvalue weighted by molar-refractivity contribution is 5.41. The van der Waals surface area contributed by atoms with Gasteiger partial charge in [-0.1, -0.05) is 6.58 Å². The molecule has 11 heavy (non-hydrogen) atoms. The lowest BCUT2D eigenvalue weighted by Gasteiger charge is -2.08. The van der Waals surface area contributed by atoms with E-state index >= 15 is 0 Å². The second-order valence-electron chi connectivity index (χ2n) is 2.13. The third-order valence-corrected chi connectivity index (χ3v) is 1.30. The monoisotopic (exact) mass is 164 g/mol. The summed E-state index contributed by atoms with van der Waals surface area (Å²) in [5.41, 5.74) is -0.374. The maximum absolute atomic E-state index is 12.4. The summed E-state index contributed by atoms with van der Waals surface area (Å²) >= 11 is 0. The van der Waals surface area contributed by atoms with Crippen LogP contribution in [0.1, 0.15) is 6.42 Å². The van der Waals surface area contributed by atoms with Crippen LogP contribution in [-0.4, -0.2) is 0 Å². The molecule has 1 rings (SSSR count). The van der Waals surface area contributed by atoms with Crippen LogP contribution in [0, 0.1) is 0 Å². The van der Waals surface area contributed by atoms with E-state index in [0.29, 0.717) is 0 Å². The summed E-state index contributed by atoms with van der Waals surface area (Å²) in [4.78, 5) is 0. The molecule has 0 fully saturated rings. The molecule has 0 unspecified atom stereocenters. The SMILES string of the molecule is C=C1CC(F)=C(F)C(F)=C1F. The van der Waals surface area contributed by atoms with Gasteiger partial charge >= 0.3 is 0 Å². The van der Waals surface area contributed by atoms with Crippen LogP contribution in [-0.2, 0) is 0 Å². The number of halogens is 4. The molecule has 0 N–H and O–H groups in total. The van der Waals surface area contributed by atoms with Crippen molar-refractivity contribution >= 4 is 0 Å². The lowest BCUT2D eigenvalue weighted by Crippen LogP contribution is -1.97. The topological polar surface area (TPSA) is 0 Å². The van der Waals surface area contributed by atoms with Crippen LogP contribution in [0.15, 0.2) is 35.5 Å². The fourth-order valence-corrected chi connectivity index (χ4v) is 0.713. The van der Waals surface area contributed by atoms with Crippen LogP contribution in [0.5, 0.6) is 0 Å². The lowest BCUT2D eigenvalue weighted by atomic mass is 10.1.